The van der Waals surface area contributed by atoms with Crippen LogP contribution in [0.2, 0.25) is 5.02 Å². The van der Waals surface area contributed by atoms with Crippen molar-refractivity contribution in [3.05, 3.63) is 64.7 Å². The standard InChI is InChI=1S/C19H21ClN2O2/c1-14-6-8-15(9-7-14)5-4-12-24-18-11-10-16(13-17(18)20)21-19(23)22(2)3/h4-11,13H,12H2,1-3H3,(H,21,23). The molecule has 4 nitrogen and oxygen atoms in total. The molecule has 0 aliphatic heterocycles. The summed E-state index contributed by atoms with van der Waals surface area (Å²) in [6.07, 6.45) is 3.93. The molecule has 0 aliphatic carbocycles. The summed E-state index contributed by atoms with van der Waals surface area (Å²) in [7, 11) is 3.35. The van der Waals surface area contributed by atoms with Crippen LogP contribution < -0.4 is 10.1 Å². The number of amides is 2. The highest BCUT2D eigenvalue weighted by molar-refractivity contribution is 6.32. The zero-order valence-electron chi connectivity index (χ0n) is 14.0. The number of hydrogen-bond donors (Lipinski definition) is 1. The Bertz CT molecular complexity index is 725. The lowest BCUT2D eigenvalue weighted by molar-refractivity contribution is 0.230. The highest BCUT2D eigenvalue weighted by Crippen LogP contribution is 2.27. The second-order valence-electron chi connectivity index (χ2n) is 5.59. The average Bonchev–Trinajstić information content (AvgIpc) is 2.54. The molecule has 1 N–H and O–H groups in total. The summed E-state index contributed by atoms with van der Waals surface area (Å²) in [5, 5.41) is 3.19. The van der Waals surface area contributed by atoms with Gasteiger partial charge in [0.2, 0.25) is 0 Å². The molecular formula is C19H21ClN2O2. The minimum atomic E-state index is -0.208. The number of carbonyl (C=O) groups is 1. The number of benzene rings is 2. The number of anilines is 1. The van der Waals surface area contributed by atoms with Crippen molar-refractivity contribution in [1.82, 2.24) is 4.90 Å². The largest absolute Gasteiger partial charge is 0.488 e. The summed E-state index contributed by atoms with van der Waals surface area (Å²) in [5.74, 6) is 0.577. The molecule has 0 atom stereocenters. The average molecular weight is 345 g/mol. The molecule has 2 rings (SSSR count). The van der Waals surface area contributed by atoms with Crippen LogP contribution in [0.25, 0.3) is 6.08 Å². The SMILES string of the molecule is Cc1ccc(C=CCOc2ccc(NC(=O)N(C)C)cc2Cl)cc1. The van der Waals surface area contributed by atoms with Gasteiger partial charge >= 0.3 is 6.03 Å². The van der Waals surface area contributed by atoms with Crippen molar-refractivity contribution in [2.24, 2.45) is 0 Å². The molecule has 0 saturated heterocycles. The summed E-state index contributed by atoms with van der Waals surface area (Å²) in [6, 6.07) is 13.2. The normalized spacial score (nSPS) is 10.7. The van der Waals surface area contributed by atoms with E-state index in [0.29, 0.717) is 23.1 Å². The van der Waals surface area contributed by atoms with Gasteiger partial charge in [0.05, 0.1) is 5.02 Å². The van der Waals surface area contributed by atoms with Gasteiger partial charge < -0.3 is 15.0 Å². The molecule has 24 heavy (non-hydrogen) atoms. The molecule has 2 aromatic rings. The maximum atomic E-state index is 11.6. The van der Waals surface area contributed by atoms with E-state index in [1.165, 1.54) is 10.5 Å². The molecular weight excluding hydrogens is 324 g/mol. The van der Waals surface area contributed by atoms with E-state index in [1.54, 1.807) is 32.3 Å². The quantitative estimate of drug-likeness (QED) is 0.843. The maximum absolute atomic E-state index is 11.6. The van der Waals surface area contributed by atoms with Gasteiger partial charge in [0.15, 0.2) is 0 Å². The number of aryl methyl sites for hydroxylation is 1. The van der Waals surface area contributed by atoms with Crippen molar-refractivity contribution in [3.8, 4) is 5.75 Å². The Morgan fingerprint density at radius 1 is 1.21 bits per heavy atom. The third kappa shape index (κ3) is 5.32. The first-order valence-corrected chi connectivity index (χ1v) is 7.97. The third-order valence-corrected chi connectivity index (χ3v) is 3.61. The van der Waals surface area contributed by atoms with E-state index in [0.717, 1.165) is 5.56 Å². The predicted molar refractivity (Wildman–Crippen MR) is 99.9 cm³/mol. The summed E-state index contributed by atoms with van der Waals surface area (Å²) in [6.45, 7) is 2.47. The molecule has 5 heteroatoms. The minimum absolute atomic E-state index is 0.208. The van der Waals surface area contributed by atoms with Crippen molar-refractivity contribution in [3.63, 3.8) is 0 Å². The summed E-state index contributed by atoms with van der Waals surface area (Å²) < 4.78 is 5.65. The molecule has 0 heterocycles. The monoisotopic (exact) mass is 344 g/mol. The molecule has 0 unspecified atom stereocenters. The van der Waals surface area contributed by atoms with Gasteiger partial charge in [-0.3, -0.25) is 0 Å². The number of halogens is 1. The molecule has 0 fully saturated rings. The molecule has 0 saturated carbocycles. The Kier molecular flexibility index (Phi) is 6.27. The van der Waals surface area contributed by atoms with Crippen LogP contribution in [0.1, 0.15) is 11.1 Å². The van der Waals surface area contributed by atoms with Gasteiger partial charge in [0, 0.05) is 19.8 Å². The van der Waals surface area contributed by atoms with Crippen molar-refractivity contribution < 1.29 is 9.53 Å². The molecule has 0 radical (unpaired) electrons. The van der Waals surface area contributed by atoms with Gasteiger partial charge in [-0.05, 0) is 36.8 Å². The van der Waals surface area contributed by atoms with Crippen LogP contribution in [0.5, 0.6) is 5.75 Å². The Labute approximate surface area is 147 Å². The Balaban J connectivity index is 1.91. The Morgan fingerprint density at radius 2 is 1.92 bits per heavy atom. The van der Waals surface area contributed by atoms with Gasteiger partial charge in [0.25, 0.3) is 0 Å². The van der Waals surface area contributed by atoms with Gasteiger partial charge in [-0.2, -0.15) is 0 Å². The fourth-order valence-corrected chi connectivity index (χ4v) is 2.17. The second kappa shape index (κ2) is 8.41. The Morgan fingerprint density at radius 3 is 2.54 bits per heavy atom. The maximum Gasteiger partial charge on any atom is 0.321 e. The number of nitrogens with zero attached hydrogens (tertiary/aromatic N) is 1. The zero-order valence-corrected chi connectivity index (χ0v) is 14.8. The topological polar surface area (TPSA) is 41.6 Å². The van der Waals surface area contributed by atoms with E-state index >= 15 is 0 Å². The summed E-state index contributed by atoms with van der Waals surface area (Å²) >= 11 is 6.19. The first kappa shape index (κ1) is 17.9. The third-order valence-electron chi connectivity index (χ3n) is 3.31. The smallest absolute Gasteiger partial charge is 0.321 e. The highest BCUT2D eigenvalue weighted by Gasteiger charge is 2.07. The number of urea groups is 1. The lowest BCUT2D eigenvalue weighted by atomic mass is 10.1. The first-order chi connectivity index (χ1) is 11.5. The zero-order chi connectivity index (χ0) is 17.5. The van der Waals surface area contributed by atoms with Crippen LogP contribution in [0, 0.1) is 6.92 Å². The molecule has 2 aromatic carbocycles. The van der Waals surface area contributed by atoms with Gasteiger partial charge in [-0.1, -0.05) is 47.5 Å². The van der Waals surface area contributed by atoms with Crippen LogP contribution in [0.15, 0.2) is 48.5 Å². The molecule has 2 amide bonds. The fraction of sp³-hybridized carbons (Fsp3) is 0.211. The van der Waals surface area contributed by atoms with Crippen LogP contribution >= 0.6 is 11.6 Å². The summed E-state index contributed by atoms with van der Waals surface area (Å²) in [5.41, 5.74) is 2.98. The predicted octanol–water partition coefficient (Wildman–Crippen LogP) is 4.83. The number of nitrogens with one attached hydrogen (secondary N) is 1. The van der Waals surface area contributed by atoms with E-state index in [4.69, 9.17) is 16.3 Å². The van der Waals surface area contributed by atoms with Gasteiger partial charge in [-0.15, -0.1) is 0 Å². The van der Waals surface area contributed by atoms with E-state index in [1.807, 2.05) is 12.2 Å². The van der Waals surface area contributed by atoms with Crippen molar-refractivity contribution in [2.75, 3.05) is 26.0 Å². The van der Waals surface area contributed by atoms with Crippen LogP contribution in [0.3, 0.4) is 0 Å². The first-order valence-electron chi connectivity index (χ1n) is 7.59. The molecule has 0 bridgehead atoms. The van der Waals surface area contributed by atoms with E-state index in [-0.39, 0.29) is 6.03 Å². The minimum Gasteiger partial charge on any atom is -0.488 e. The van der Waals surface area contributed by atoms with Crippen LogP contribution in [0.4, 0.5) is 10.5 Å². The second-order valence-corrected chi connectivity index (χ2v) is 6.00. The lowest BCUT2D eigenvalue weighted by Crippen LogP contribution is -2.27. The molecule has 0 spiro atoms. The van der Waals surface area contributed by atoms with Crippen molar-refractivity contribution in [1.29, 1.82) is 0 Å². The Hall–Kier alpha value is -2.46. The highest BCUT2D eigenvalue weighted by atomic mass is 35.5. The lowest BCUT2D eigenvalue weighted by Gasteiger charge is -2.13. The number of rotatable bonds is 5. The molecule has 0 aromatic heterocycles. The van der Waals surface area contributed by atoms with Crippen molar-refractivity contribution >= 4 is 29.4 Å². The van der Waals surface area contributed by atoms with Crippen LogP contribution in [-0.2, 0) is 0 Å². The molecule has 0 aliphatic rings. The van der Waals surface area contributed by atoms with E-state index in [2.05, 4.69) is 36.5 Å². The fourth-order valence-electron chi connectivity index (χ4n) is 1.93. The van der Waals surface area contributed by atoms with E-state index < -0.39 is 0 Å². The van der Waals surface area contributed by atoms with Crippen molar-refractivity contribution in [2.45, 2.75) is 6.92 Å². The number of ether oxygens (including phenoxy) is 1. The van der Waals surface area contributed by atoms with Gasteiger partial charge in [-0.25, -0.2) is 4.79 Å². The summed E-state index contributed by atoms with van der Waals surface area (Å²) in [4.78, 5) is 13.1. The number of carbonyl (C=O) groups excluding carboxylic acids is 1. The number of hydrogen-bond acceptors (Lipinski definition) is 2. The van der Waals surface area contributed by atoms with E-state index in [9.17, 15) is 4.79 Å². The molecule has 126 valence electrons. The van der Waals surface area contributed by atoms with Gasteiger partial charge in [0.1, 0.15) is 12.4 Å². The van der Waals surface area contributed by atoms with Crippen LogP contribution in [-0.4, -0.2) is 31.6 Å².